The van der Waals surface area contributed by atoms with Gasteiger partial charge < -0.3 is 40.2 Å². The highest BCUT2D eigenvalue weighted by molar-refractivity contribution is 6.45. The van der Waals surface area contributed by atoms with Gasteiger partial charge in [0.2, 0.25) is 0 Å². The quantitative estimate of drug-likeness (QED) is 0.0153. The highest BCUT2D eigenvalue weighted by Crippen LogP contribution is 2.59. The Balaban J connectivity index is 1.02. The van der Waals surface area contributed by atoms with Crippen molar-refractivity contribution in [2.24, 2.45) is 23.7 Å². The minimum Gasteiger partial charge on any atom is -0.457 e. The van der Waals surface area contributed by atoms with Crippen LogP contribution in [0.1, 0.15) is 202 Å². The van der Waals surface area contributed by atoms with E-state index in [4.69, 9.17) is 18.9 Å². The normalized spacial score (nSPS) is 12.8. The van der Waals surface area contributed by atoms with E-state index < -0.39 is 72.2 Å². The Labute approximate surface area is 802 Å². The van der Waals surface area contributed by atoms with Crippen molar-refractivity contribution in [3.63, 3.8) is 0 Å². The summed E-state index contributed by atoms with van der Waals surface area (Å²) in [6, 6.07) is 47.2. The predicted octanol–water partition coefficient (Wildman–Crippen LogP) is 24.2. The van der Waals surface area contributed by atoms with Crippen LogP contribution in [0.5, 0.6) is 46.0 Å². The van der Waals surface area contributed by atoms with Crippen molar-refractivity contribution in [3.05, 3.63) is 288 Å². The number of pyridine rings is 4. The van der Waals surface area contributed by atoms with Crippen LogP contribution in [0.15, 0.2) is 243 Å². The van der Waals surface area contributed by atoms with Gasteiger partial charge in [-0.05, 0) is 165 Å². The van der Waals surface area contributed by atoms with E-state index in [1.54, 1.807) is 48.5 Å². The molecule has 4 N–H and O–H groups in total. The minimum absolute atomic E-state index is 0.0378. The number of aromatic nitrogens is 4. The predicted molar refractivity (Wildman–Crippen MR) is 541 cm³/mol. The van der Waals surface area contributed by atoms with E-state index in [1.807, 2.05) is 104 Å². The van der Waals surface area contributed by atoms with Gasteiger partial charge in [-0.3, -0.25) is 57.7 Å². The molecule has 26 heteroatoms. The number of nitrogens with zero attached hydrogens (tertiary/aromatic N) is 8. The van der Waals surface area contributed by atoms with Crippen LogP contribution in [0.25, 0.3) is 43.1 Å². The van der Waals surface area contributed by atoms with Crippen LogP contribution in [0, 0.1) is 23.7 Å². The van der Waals surface area contributed by atoms with E-state index in [9.17, 15) is 19.2 Å². The topological polar surface area (TPSA) is 320 Å². The average Bonchev–Trinajstić information content (AvgIpc) is 0.669. The van der Waals surface area contributed by atoms with Gasteiger partial charge in [0.05, 0.1) is 22.3 Å². The molecule has 2 aliphatic heterocycles. The molecule has 15 rings (SSSR count). The average molecular weight is 1850 g/mol. The second-order valence-corrected chi connectivity index (χ2v) is 40.2. The lowest BCUT2D eigenvalue weighted by atomic mass is 9.80. The van der Waals surface area contributed by atoms with Crippen molar-refractivity contribution in [1.82, 2.24) is 29.7 Å². The lowest BCUT2D eigenvalue weighted by Gasteiger charge is -2.33. The molecule has 0 bridgehead atoms. The number of anilines is 8. The monoisotopic (exact) mass is 1850 g/mol. The fourth-order valence-electron chi connectivity index (χ4n) is 16.3. The number of hydrogen-bond acceptors (Lipinski definition) is 18. The molecule has 2 aliphatic rings. The molecule has 6 heterocycles. The van der Waals surface area contributed by atoms with E-state index in [-0.39, 0.29) is 225 Å². The summed E-state index contributed by atoms with van der Waals surface area (Å²) >= 11 is 0. The molecule has 0 unspecified atom stereocenters. The van der Waals surface area contributed by atoms with Crippen LogP contribution >= 0.6 is 0 Å². The van der Waals surface area contributed by atoms with E-state index in [2.05, 4.69) is 151 Å². The van der Waals surface area contributed by atoms with Gasteiger partial charge in [-0.1, -0.05) is 213 Å². The van der Waals surface area contributed by atoms with Gasteiger partial charge in [0.1, 0.15) is 82.4 Å². The van der Waals surface area contributed by atoms with Crippen molar-refractivity contribution in [3.8, 4) is 46.0 Å². The van der Waals surface area contributed by atoms with Gasteiger partial charge in [-0.15, -0.1) is 0 Å². The standard InChI is InChI=1S/C112H112N12O14/c1-59(2)63(9)101(127)117-71-41-45-113-87(49-71)123(88-50-72(42-46-114-88)118-102(128)64(10)60(3)4)91(125)57-121-105(131)79-53-83(135-75-33-25-67(26-34-75)109(13,14)15)95-97-85(137-77-37-29-69(30-38-77)111(19,20)21)55-81-94-82(108(134)122(107(81)133)58-92(126)124(89-51-73(43-47-115-89)119-103(129)65(11)61(5)6)90-52-74(44-48-116-90)120-104(130)66(12)62(7)8)56-86(138-78-39-31-70(32-40-78)112(22,23)24)98(100(94)97)96-84(54-80(106(121)132)93(79)99(95)96)136-76-35-27-68(28-36-76)110(16,17)18/h25-56,59-62H,9-12,57-58H2,1-8,13-24H3,(H,113,117,127)(H,114,118,128)(H,115,119,129)(H,116,120,130). The van der Waals surface area contributed by atoms with Crippen LogP contribution in [-0.4, -0.2) is 102 Å². The largest absolute Gasteiger partial charge is 0.457 e. The summed E-state index contributed by atoms with van der Waals surface area (Å²) in [5.74, 6) is -8.63. The number of rotatable bonds is 28. The lowest BCUT2D eigenvalue weighted by Crippen LogP contribution is -2.47. The smallest absolute Gasteiger partial charge is 0.262 e. The Morgan fingerprint density at radius 1 is 0.297 bits per heavy atom. The summed E-state index contributed by atoms with van der Waals surface area (Å²) in [6.45, 7) is 53.2. The summed E-state index contributed by atoms with van der Waals surface area (Å²) in [4.78, 5) is 177. The highest BCUT2D eigenvalue weighted by Gasteiger charge is 2.45. The Morgan fingerprint density at radius 3 is 0.674 bits per heavy atom. The number of hydrogen-bond donors (Lipinski definition) is 4. The van der Waals surface area contributed by atoms with Crippen molar-refractivity contribution in [2.45, 2.75) is 160 Å². The Kier molecular flexibility index (Phi) is 26.2. The summed E-state index contributed by atoms with van der Waals surface area (Å²) in [6.07, 6.45) is 5.42. The van der Waals surface area contributed by atoms with Gasteiger partial charge in [0, 0.05) is 137 Å². The Morgan fingerprint density at radius 2 is 0.493 bits per heavy atom. The number of carbonyl (C=O) groups excluding carboxylic acids is 10. The van der Waals surface area contributed by atoms with E-state index in [0.717, 1.165) is 41.9 Å². The lowest BCUT2D eigenvalue weighted by molar-refractivity contribution is -0.119. The third kappa shape index (κ3) is 19.4. The molecule has 0 aliphatic carbocycles. The molecule has 0 saturated heterocycles. The second-order valence-electron chi connectivity index (χ2n) is 40.2. The molecule has 13 aromatic rings. The van der Waals surface area contributed by atoms with Crippen molar-refractivity contribution in [2.75, 3.05) is 44.2 Å². The maximum atomic E-state index is 16.9. The molecule has 0 saturated carbocycles. The number of imide groups is 2. The van der Waals surface area contributed by atoms with Crippen LogP contribution in [0.3, 0.4) is 0 Å². The van der Waals surface area contributed by atoms with Crippen LogP contribution in [0.2, 0.25) is 0 Å². The minimum atomic E-state index is -1.02. The second kappa shape index (κ2) is 37.4. The molecule has 704 valence electrons. The number of ether oxygens (including phenoxy) is 4. The summed E-state index contributed by atoms with van der Waals surface area (Å²) in [5, 5.41) is 12.4. The van der Waals surface area contributed by atoms with Crippen LogP contribution in [0.4, 0.5) is 46.0 Å². The number of carbonyl (C=O) groups is 10. The van der Waals surface area contributed by atoms with Crippen molar-refractivity contribution in [1.29, 1.82) is 0 Å². The fraction of sp³-hybridized carbons (Fsp3) is 0.268. The van der Waals surface area contributed by atoms with Gasteiger partial charge in [0.15, 0.2) is 0 Å². The number of nitrogens with one attached hydrogen (secondary N) is 4. The SMILES string of the molecule is C=C(C(=O)Nc1ccnc(N(C(=O)CN2C(=O)c3cc(Oc4ccc(C(C)(C)C)cc4)c4c5c(Oc6ccc(C(C)(C)C)cc6)cc6c7c(cc(Oc8ccc(C(C)(C)C)cc8)c(c8c(Oc9ccc(C(C)(C)C)cc9)cc(c3c48)C2=O)c75)C(=O)N(CC(=O)N(c2cc(NC(=O)C(=C)C(C)C)ccn2)c2cc(NC(=O)C(=C)C(C)C)ccn2)C6=O)c2cc(NC(=O)C(=C)C(C)C)ccn2)c1)C(C)C. The molecule has 10 amide bonds. The zero-order chi connectivity index (χ0) is 99.7. The third-order valence-electron chi connectivity index (χ3n) is 24.8. The van der Waals surface area contributed by atoms with Gasteiger partial charge in [0.25, 0.3) is 59.1 Å². The summed E-state index contributed by atoms with van der Waals surface area (Å²) in [7, 11) is 0. The number of amides is 10. The van der Waals surface area contributed by atoms with Crippen LogP contribution < -0.4 is 50.0 Å². The third-order valence-corrected chi connectivity index (χ3v) is 24.8. The summed E-state index contributed by atoms with van der Waals surface area (Å²) in [5.41, 5.74) is 3.45. The van der Waals surface area contributed by atoms with E-state index in [1.165, 1.54) is 97.6 Å². The van der Waals surface area contributed by atoms with Gasteiger partial charge in [-0.2, -0.15) is 0 Å². The maximum absolute atomic E-state index is 16.9. The zero-order valence-corrected chi connectivity index (χ0v) is 81.3. The van der Waals surface area contributed by atoms with Crippen molar-refractivity contribution < 1.29 is 66.9 Å². The molecule has 0 fully saturated rings. The maximum Gasteiger partial charge on any atom is 0.262 e. The fourth-order valence-corrected chi connectivity index (χ4v) is 16.3. The number of fused-ring (bicyclic) bond motifs is 2. The first kappa shape index (κ1) is 96.7. The first-order valence-electron chi connectivity index (χ1n) is 45.8. The Bertz CT molecular complexity index is 6420. The molecule has 0 spiro atoms. The molecule has 138 heavy (non-hydrogen) atoms. The van der Waals surface area contributed by atoms with E-state index >= 15 is 28.8 Å². The highest BCUT2D eigenvalue weighted by atomic mass is 16.5. The molecule has 26 nitrogen and oxygen atoms in total. The molecular weight excluding hydrogens is 1740 g/mol. The Hall–Kier alpha value is -15.9. The molecule has 0 radical (unpaired) electrons. The first-order chi connectivity index (χ1) is 65.0. The first-order valence-corrected chi connectivity index (χ1v) is 45.8. The molecule has 0 atom stereocenters. The van der Waals surface area contributed by atoms with E-state index in [0.29, 0.717) is 0 Å². The van der Waals surface area contributed by atoms with Gasteiger partial charge in [-0.25, -0.2) is 29.7 Å². The molecule has 9 aromatic carbocycles. The summed E-state index contributed by atoms with van der Waals surface area (Å²) < 4.78 is 29.7. The zero-order valence-electron chi connectivity index (χ0n) is 81.3. The van der Waals surface area contributed by atoms with Gasteiger partial charge >= 0.3 is 0 Å². The molecular formula is C112H112N12O14. The number of benzene rings is 9. The van der Waals surface area contributed by atoms with Crippen molar-refractivity contribution >= 4 is 148 Å². The molecule has 4 aromatic heterocycles. The van der Waals surface area contributed by atoms with Crippen LogP contribution in [-0.2, 0) is 50.4 Å².